The van der Waals surface area contributed by atoms with Crippen molar-refractivity contribution in [1.29, 1.82) is 0 Å². The van der Waals surface area contributed by atoms with Gasteiger partial charge in [-0.2, -0.15) is 4.98 Å². The molecule has 4 rings (SSSR count). The summed E-state index contributed by atoms with van der Waals surface area (Å²) in [4.78, 5) is 33.0. The Morgan fingerprint density at radius 2 is 1.72 bits per heavy atom. The number of rotatable bonds is 9. The molecule has 1 fully saturated rings. The quantitative estimate of drug-likeness (QED) is 0.474. The molecule has 36 heavy (non-hydrogen) atoms. The van der Waals surface area contributed by atoms with E-state index >= 15 is 0 Å². The summed E-state index contributed by atoms with van der Waals surface area (Å²) < 4.78 is 18.3. The maximum Gasteiger partial charge on any atom is 0.315 e. The zero-order valence-electron chi connectivity index (χ0n) is 20.4. The van der Waals surface area contributed by atoms with E-state index in [0.29, 0.717) is 31.2 Å². The fraction of sp³-hybridized carbons (Fsp3) is 0.385. The summed E-state index contributed by atoms with van der Waals surface area (Å²) in [5.41, 5.74) is 2.90. The number of aryl methyl sites for hydroxylation is 2. The van der Waals surface area contributed by atoms with Crippen molar-refractivity contribution in [2.24, 2.45) is 0 Å². The molecule has 0 saturated carbocycles. The molecule has 3 aromatic rings. The fourth-order valence-electron chi connectivity index (χ4n) is 3.97. The van der Waals surface area contributed by atoms with Crippen LogP contribution in [0.5, 0.6) is 0 Å². The molecule has 2 heterocycles. The van der Waals surface area contributed by atoms with Gasteiger partial charge in [-0.1, -0.05) is 47.1 Å². The predicted molar refractivity (Wildman–Crippen MR) is 132 cm³/mol. The van der Waals surface area contributed by atoms with Crippen molar-refractivity contribution in [3.8, 4) is 11.4 Å². The maximum atomic E-state index is 12.9. The summed E-state index contributed by atoms with van der Waals surface area (Å²) in [6.07, 6.45) is 1.59. The molecule has 9 nitrogen and oxygen atoms in total. The summed E-state index contributed by atoms with van der Waals surface area (Å²) in [5, 5.41) is 9.33. The lowest BCUT2D eigenvalue weighted by Gasteiger charge is -2.34. The number of benzene rings is 2. The third kappa shape index (κ3) is 7.35. The lowest BCUT2D eigenvalue weighted by molar-refractivity contribution is -0.131. The van der Waals surface area contributed by atoms with Gasteiger partial charge in [0.1, 0.15) is 5.82 Å². The van der Waals surface area contributed by atoms with E-state index in [1.807, 2.05) is 31.2 Å². The largest absolute Gasteiger partial charge is 0.339 e. The van der Waals surface area contributed by atoms with Crippen LogP contribution < -0.4 is 10.6 Å². The van der Waals surface area contributed by atoms with E-state index < -0.39 is 6.03 Å². The number of carbonyl (C=O) groups is 2. The van der Waals surface area contributed by atoms with Crippen LogP contribution in [0.4, 0.5) is 9.18 Å². The molecule has 0 spiro atoms. The first-order valence-corrected chi connectivity index (χ1v) is 12.1. The van der Waals surface area contributed by atoms with E-state index in [2.05, 4.69) is 25.7 Å². The monoisotopic (exact) mass is 494 g/mol. The molecule has 0 unspecified atom stereocenters. The first-order chi connectivity index (χ1) is 17.5. The van der Waals surface area contributed by atoms with E-state index in [-0.39, 0.29) is 24.8 Å². The Morgan fingerprint density at radius 1 is 1.00 bits per heavy atom. The van der Waals surface area contributed by atoms with E-state index in [9.17, 15) is 14.0 Å². The molecule has 1 saturated heterocycles. The molecule has 1 aliphatic heterocycles. The summed E-state index contributed by atoms with van der Waals surface area (Å²) in [7, 11) is 0. The number of carbonyl (C=O) groups excluding carboxylic acids is 2. The van der Waals surface area contributed by atoms with E-state index in [1.54, 1.807) is 17.0 Å². The van der Waals surface area contributed by atoms with Gasteiger partial charge < -0.3 is 20.1 Å². The van der Waals surface area contributed by atoms with Crippen molar-refractivity contribution in [3.05, 3.63) is 71.4 Å². The molecule has 0 bridgehead atoms. The topological polar surface area (TPSA) is 104 Å². The third-order valence-electron chi connectivity index (χ3n) is 6.13. The number of hydrogen-bond acceptors (Lipinski definition) is 6. The van der Waals surface area contributed by atoms with Crippen molar-refractivity contribution in [1.82, 2.24) is 30.6 Å². The minimum absolute atomic E-state index is 0.0598. The van der Waals surface area contributed by atoms with Gasteiger partial charge in [0.25, 0.3) is 0 Å². The first kappa shape index (κ1) is 25.3. The van der Waals surface area contributed by atoms with Crippen molar-refractivity contribution in [2.75, 3.05) is 39.3 Å². The van der Waals surface area contributed by atoms with Crippen LogP contribution in [-0.2, 0) is 17.8 Å². The van der Waals surface area contributed by atoms with Crippen molar-refractivity contribution < 1.29 is 18.5 Å². The van der Waals surface area contributed by atoms with Gasteiger partial charge in [-0.25, -0.2) is 9.18 Å². The number of halogens is 1. The van der Waals surface area contributed by atoms with Gasteiger partial charge in [0.05, 0.1) is 6.54 Å². The standard InChI is InChI=1S/C26H31FN6O3/c1-19-4-8-21(9-5-19)25-30-23(36-31-25)3-2-12-32-13-15-33(16-14-32)24(34)18-29-26(35)28-17-20-6-10-22(27)11-7-20/h4-11H,2-3,12-18H2,1H3,(H2,28,29,35). The molecule has 3 amide bonds. The van der Waals surface area contributed by atoms with Gasteiger partial charge >= 0.3 is 6.03 Å². The average Bonchev–Trinajstić information content (AvgIpc) is 3.36. The zero-order valence-corrected chi connectivity index (χ0v) is 20.4. The SMILES string of the molecule is Cc1ccc(-c2noc(CCCN3CCN(C(=O)CNC(=O)NCc4ccc(F)cc4)CC3)n2)cc1. The second kappa shape index (κ2) is 12.3. The number of amides is 3. The molecule has 2 N–H and O–H groups in total. The van der Waals surface area contributed by atoms with E-state index in [1.165, 1.54) is 17.7 Å². The molecule has 0 atom stereocenters. The Balaban J connectivity index is 1.10. The lowest BCUT2D eigenvalue weighted by atomic mass is 10.1. The molecular formula is C26H31FN6O3. The van der Waals surface area contributed by atoms with E-state index in [4.69, 9.17) is 4.52 Å². The van der Waals surface area contributed by atoms with Crippen LogP contribution in [0.1, 0.15) is 23.4 Å². The minimum atomic E-state index is -0.433. The van der Waals surface area contributed by atoms with Gasteiger partial charge in [0, 0.05) is 44.7 Å². The predicted octanol–water partition coefficient (Wildman–Crippen LogP) is 2.76. The first-order valence-electron chi connectivity index (χ1n) is 12.1. The Kier molecular flexibility index (Phi) is 8.62. The van der Waals surface area contributed by atoms with Crippen LogP contribution in [0.3, 0.4) is 0 Å². The third-order valence-corrected chi connectivity index (χ3v) is 6.13. The van der Waals surface area contributed by atoms with Gasteiger partial charge in [-0.15, -0.1) is 0 Å². The van der Waals surface area contributed by atoms with Gasteiger partial charge in [-0.3, -0.25) is 9.69 Å². The van der Waals surface area contributed by atoms with Gasteiger partial charge in [0.2, 0.25) is 17.6 Å². The number of nitrogens with zero attached hydrogens (tertiary/aromatic N) is 4. The maximum absolute atomic E-state index is 12.9. The average molecular weight is 495 g/mol. The minimum Gasteiger partial charge on any atom is -0.339 e. The lowest BCUT2D eigenvalue weighted by Crippen LogP contribution is -2.52. The molecule has 190 valence electrons. The highest BCUT2D eigenvalue weighted by atomic mass is 19.1. The highest BCUT2D eigenvalue weighted by Crippen LogP contribution is 2.17. The van der Waals surface area contributed by atoms with Crippen LogP contribution in [0, 0.1) is 12.7 Å². The molecular weight excluding hydrogens is 463 g/mol. The van der Waals surface area contributed by atoms with Crippen LogP contribution in [0.25, 0.3) is 11.4 Å². The second-order valence-electron chi connectivity index (χ2n) is 8.87. The fourth-order valence-corrected chi connectivity index (χ4v) is 3.97. The molecule has 10 heteroatoms. The van der Waals surface area contributed by atoms with Crippen LogP contribution >= 0.6 is 0 Å². The molecule has 0 aliphatic carbocycles. The highest BCUT2D eigenvalue weighted by molar-refractivity contribution is 5.84. The smallest absolute Gasteiger partial charge is 0.315 e. The number of aromatic nitrogens is 2. The number of nitrogens with one attached hydrogen (secondary N) is 2. The second-order valence-corrected chi connectivity index (χ2v) is 8.87. The molecule has 2 aromatic carbocycles. The zero-order chi connectivity index (χ0) is 25.3. The summed E-state index contributed by atoms with van der Waals surface area (Å²) in [6.45, 7) is 5.92. The summed E-state index contributed by atoms with van der Waals surface area (Å²) >= 11 is 0. The Morgan fingerprint density at radius 3 is 2.44 bits per heavy atom. The Bertz CT molecular complexity index is 1140. The highest BCUT2D eigenvalue weighted by Gasteiger charge is 2.21. The Labute approximate surface area is 209 Å². The van der Waals surface area contributed by atoms with Gasteiger partial charge in [-0.05, 0) is 37.6 Å². The van der Waals surface area contributed by atoms with Crippen LogP contribution in [0.2, 0.25) is 0 Å². The number of hydrogen-bond donors (Lipinski definition) is 2. The van der Waals surface area contributed by atoms with Crippen LogP contribution in [0.15, 0.2) is 53.1 Å². The summed E-state index contributed by atoms with van der Waals surface area (Å²) in [6, 6.07) is 13.5. The molecule has 0 radical (unpaired) electrons. The van der Waals surface area contributed by atoms with Crippen LogP contribution in [-0.4, -0.2) is 71.1 Å². The van der Waals surface area contributed by atoms with Crippen molar-refractivity contribution in [2.45, 2.75) is 26.3 Å². The number of urea groups is 1. The normalized spacial score (nSPS) is 14.0. The summed E-state index contributed by atoms with van der Waals surface area (Å²) in [5.74, 6) is 0.798. The molecule has 1 aromatic heterocycles. The molecule has 1 aliphatic rings. The van der Waals surface area contributed by atoms with Gasteiger partial charge in [0.15, 0.2) is 0 Å². The Hall–Kier alpha value is -3.79. The van der Waals surface area contributed by atoms with Crippen molar-refractivity contribution in [3.63, 3.8) is 0 Å². The number of piperazine rings is 1. The van der Waals surface area contributed by atoms with Crippen molar-refractivity contribution >= 4 is 11.9 Å². The van der Waals surface area contributed by atoms with E-state index in [0.717, 1.165) is 37.2 Å².